The fourth-order valence-electron chi connectivity index (χ4n) is 2.28. The van der Waals surface area contributed by atoms with E-state index in [1.54, 1.807) is 33.9 Å². The molecule has 0 spiro atoms. The van der Waals surface area contributed by atoms with Gasteiger partial charge in [-0.1, -0.05) is 0 Å². The van der Waals surface area contributed by atoms with Crippen molar-refractivity contribution in [3.05, 3.63) is 36.9 Å². The molecule has 6 nitrogen and oxygen atoms in total. The number of benzene rings is 1. The lowest BCUT2D eigenvalue weighted by molar-refractivity contribution is 0.325. The molecule has 0 radical (unpaired) electrons. The fourth-order valence-corrected chi connectivity index (χ4v) is 2.28. The molecular formula is C15H15N3O3. The topological polar surface area (TPSA) is 57.9 Å². The van der Waals surface area contributed by atoms with E-state index < -0.39 is 0 Å². The van der Waals surface area contributed by atoms with Gasteiger partial charge in [0, 0.05) is 18.0 Å². The Morgan fingerprint density at radius 3 is 2.43 bits per heavy atom. The molecule has 0 aliphatic carbocycles. The lowest BCUT2D eigenvalue weighted by Gasteiger charge is -2.14. The molecule has 0 aliphatic heterocycles. The van der Waals surface area contributed by atoms with Crippen LogP contribution < -0.4 is 14.2 Å². The number of hydrogen-bond acceptors (Lipinski definition) is 5. The Balaban J connectivity index is 2.21. The van der Waals surface area contributed by atoms with Crippen LogP contribution >= 0.6 is 0 Å². The lowest BCUT2D eigenvalue weighted by atomic mass is 10.1. The molecular weight excluding hydrogens is 270 g/mol. The third-order valence-corrected chi connectivity index (χ3v) is 3.24. The minimum absolute atomic E-state index is 0.549. The normalized spacial score (nSPS) is 10.6. The van der Waals surface area contributed by atoms with E-state index in [0.29, 0.717) is 17.2 Å². The highest BCUT2D eigenvalue weighted by Crippen LogP contribution is 2.43. The summed E-state index contributed by atoms with van der Waals surface area (Å²) in [6.45, 7) is 0. The van der Waals surface area contributed by atoms with Crippen LogP contribution in [0.1, 0.15) is 0 Å². The molecule has 2 heterocycles. The van der Waals surface area contributed by atoms with E-state index in [1.165, 1.54) is 0 Å². The molecule has 108 valence electrons. The molecule has 0 bridgehead atoms. The first kappa shape index (κ1) is 13.2. The molecule has 0 saturated carbocycles. The van der Waals surface area contributed by atoms with Crippen LogP contribution in [0.2, 0.25) is 0 Å². The highest BCUT2D eigenvalue weighted by molar-refractivity contribution is 5.75. The molecule has 0 fully saturated rings. The summed E-state index contributed by atoms with van der Waals surface area (Å²) in [5.41, 5.74) is 2.43. The van der Waals surface area contributed by atoms with Crippen LogP contribution in [0, 0.1) is 0 Å². The van der Waals surface area contributed by atoms with Gasteiger partial charge in [0.15, 0.2) is 11.5 Å². The predicted octanol–water partition coefficient (Wildman–Crippen LogP) is 2.42. The van der Waals surface area contributed by atoms with E-state index >= 15 is 0 Å². The second-order valence-corrected chi connectivity index (χ2v) is 4.35. The van der Waals surface area contributed by atoms with Gasteiger partial charge in [-0.15, -0.1) is 0 Å². The fraction of sp³-hybridized carbons (Fsp3) is 0.200. The third kappa shape index (κ3) is 2.14. The summed E-state index contributed by atoms with van der Waals surface area (Å²) < 4.78 is 18.0. The maximum atomic E-state index is 5.49. The molecule has 1 aromatic carbocycles. The molecule has 3 rings (SSSR count). The summed E-state index contributed by atoms with van der Waals surface area (Å²) in [6.07, 6.45) is 5.31. The first-order valence-corrected chi connectivity index (χ1v) is 6.36. The third-order valence-electron chi connectivity index (χ3n) is 3.24. The van der Waals surface area contributed by atoms with Crippen LogP contribution in [0.4, 0.5) is 0 Å². The van der Waals surface area contributed by atoms with Crippen LogP contribution in [-0.4, -0.2) is 35.7 Å². The van der Waals surface area contributed by atoms with Crippen molar-refractivity contribution in [1.29, 1.82) is 0 Å². The van der Waals surface area contributed by atoms with Gasteiger partial charge < -0.3 is 14.2 Å². The van der Waals surface area contributed by atoms with Gasteiger partial charge in [0.25, 0.3) is 0 Å². The van der Waals surface area contributed by atoms with Gasteiger partial charge in [-0.2, -0.15) is 0 Å². The molecule has 0 atom stereocenters. The van der Waals surface area contributed by atoms with Gasteiger partial charge in [-0.3, -0.25) is 4.40 Å². The summed E-state index contributed by atoms with van der Waals surface area (Å²) in [7, 11) is 4.77. The van der Waals surface area contributed by atoms with Crippen molar-refractivity contribution in [2.45, 2.75) is 0 Å². The quantitative estimate of drug-likeness (QED) is 0.737. The Labute approximate surface area is 121 Å². The molecule has 0 aliphatic rings. The van der Waals surface area contributed by atoms with Crippen molar-refractivity contribution >= 4 is 5.65 Å². The largest absolute Gasteiger partial charge is 0.493 e. The van der Waals surface area contributed by atoms with Crippen LogP contribution in [0.25, 0.3) is 16.9 Å². The summed E-state index contributed by atoms with van der Waals surface area (Å²) in [5.74, 6) is 1.75. The number of ether oxygens (including phenoxy) is 3. The maximum Gasteiger partial charge on any atom is 0.203 e. The zero-order valence-electron chi connectivity index (χ0n) is 12.0. The molecule has 2 aromatic heterocycles. The molecule has 21 heavy (non-hydrogen) atoms. The summed E-state index contributed by atoms with van der Waals surface area (Å²) in [4.78, 5) is 8.64. The van der Waals surface area contributed by atoms with Crippen LogP contribution in [-0.2, 0) is 0 Å². The molecule has 0 N–H and O–H groups in total. The standard InChI is InChI=1S/C15H15N3O3/c1-19-12-5-4-10(14(20-2)15(12)21-3)11-8-18-9-16-7-6-13(18)17-11/h4-9H,1-3H3. The van der Waals surface area contributed by atoms with Crippen LogP contribution in [0.15, 0.2) is 36.9 Å². The van der Waals surface area contributed by atoms with Crippen molar-refractivity contribution in [1.82, 2.24) is 14.4 Å². The van der Waals surface area contributed by atoms with Crippen molar-refractivity contribution in [2.75, 3.05) is 21.3 Å². The van der Waals surface area contributed by atoms with Crippen LogP contribution in [0.5, 0.6) is 17.2 Å². The zero-order valence-corrected chi connectivity index (χ0v) is 12.0. The number of imidazole rings is 1. The van der Waals surface area contributed by atoms with E-state index in [9.17, 15) is 0 Å². The van der Waals surface area contributed by atoms with Gasteiger partial charge in [0.1, 0.15) is 12.0 Å². The first-order valence-electron chi connectivity index (χ1n) is 6.36. The van der Waals surface area contributed by atoms with E-state index in [-0.39, 0.29) is 0 Å². The van der Waals surface area contributed by atoms with Gasteiger partial charge in [-0.05, 0) is 18.2 Å². The SMILES string of the molecule is COc1ccc(-c2cn3cnccc3n2)c(OC)c1OC. The summed E-state index contributed by atoms with van der Waals surface area (Å²) in [6, 6.07) is 5.57. The average Bonchev–Trinajstić information content (AvgIpc) is 2.96. The number of hydrogen-bond donors (Lipinski definition) is 0. The van der Waals surface area contributed by atoms with E-state index in [2.05, 4.69) is 9.97 Å². The second kappa shape index (κ2) is 5.32. The molecule has 0 unspecified atom stereocenters. The minimum Gasteiger partial charge on any atom is -0.493 e. The van der Waals surface area contributed by atoms with Gasteiger partial charge in [0.05, 0.1) is 27.0 Å². The predicted molar refractivity (Wildman–Crippen MR) is 78.1 cm³/mol. The van der Waals surface area contributed by atoms with E-state index in [0.717, 1.165) is 16.9 Å². The highest BCUT2D eigenvalue weighted by Gasteiger charge is 2.18. The minimum atomic E-state index is 0.549. The van der Waals surface area contributed by atoms with Crippen molar-refractivity contribution in [2.24, 2.45) is 0 Å². The monoisotopic (exact) mass is 285 g/mol. The van der Waals surface area contributed by atoms with Gasteiger partial charge >= 0.3 is 0 Å². The van der Waals surface area contributed by atoms with Crippen molar-refractivity contribution < 1.29 is 14.2 Å². The van der Waals surface area contributed by atoms with Crippen molar-refractivity contribution in [3.63, 3.8) is 0 Å². The van der Waals surface area contributed by atoms with Crippen molar-refractivity contribution in [3.8, 4) is 28.5 Å². The van der Waals surface area contributed by atoms with E-state index in [1.807, 2.05) is 28.8 Å². The Morgan fingerprint density at radius 1 is 0.952 bits per heavy atom. The number of nitrogens with zero attached hydrogens (tertiary/aromatic N) is 3. The van der Waals surface area contributed by atoms with E-state index in [4.69, 9.17) is 14.2 Å². The Kier molecular flexibility index (Phi) is 3.35. The van der Waals surface area contributed by atoms with Gasteiger partial charge in [-0.25, -0.2) is 9.97 Å². The molecule has 6 heteroatoms. The maximum absolute atomic E-state index is 5.49. The second-order valence-electron chi connectivity index (χ2n) is 4.35. The summed E-state index contributed by atoms with van der Waals surface area (Å²) in [5, 5.41) is 0. The smallest absolute Gasteiger partial charge is 0.203 e. The molecule has 0 saturated heterocycles. The Bertz CT molecular complexity index is 750. The molecule has 0 amide bonds. The average molecular weight is 285 g/mol. The number of methoxy groups -OCH3 is 3. The number of aromatic nitrogens is 3. The molecule has 3 aromatic rings. The zero-order chi connectivity index (χ0) is 14.8. The lowest BCUT2D eigenvalue weighted by Crippen LogP contribution is -1.96. The van der Waals surface area contributed by atoms with Crippen LogP contribution in [0.3, 0.4) is 0 Å². The number of fused-ring (bicyclic) bond motifs is 1. The first-order chi connectivity index (χ1) is 10.3. The number of rotatable bonds is 4. The Morgan fingerprint density at radius 2 is 1.76 bits per heavy atom. The summed E-state index contributed by atoms with van der Waals surface area (Å²) >= 11 is 0. The Hall–Kier alpha value is -2.76. The highest BCUT2D eigenvalue weighted by atomic mass is 16.5. The van der Waals surface area contributed by atoms with Gasteiger partial charge in [0.2, 0.25) is 5.75 Å².